The van der Waals surface area contributed by atoms with Gasteiger partial charge in [-0.15, -0.1) is 0 Å². The molecule has 0 N–H and O–H groups in total. The Morgan fingerprint density at radius 2 is 2.14 bits per heavy atom. The van der Waals surface area contributed by atoms with Crippen molar-refractivity contribution in [1.82, 2.24) is 4.98 Å². The molecule has 0 aliphatic heterocycles. The number of hydrogen-bond donors (Lipinski definition) is 0. The number of halogens is 2. The van der Waals surface area contributed by atoms with Gasteiger partial charge in [-0.05, 0) is 12.1 Å². The SMILES string of the molecule is O=S(=O)(Cl)c1nc2cc(F)ccc2o1. The van der Waals surface area contributed by atoms with E-state index in [1.807, 2.05) is 0 Å². The first-order valence-corrected chi connectivity index (χ1v) is 5.78. The van der Waals surface area contributed by atoms with Gasteiger partial charge in [0.05, 0.1) is 0 Å². The zero-order valence-electron chi connectivity index (χ0n) is 6.57. The third-order valence-electron chi connectivity index (χ3n) is 1.54. The maximum Gasteiger partial charge on any atom is 0.332 e. The Morgan fingerprint density at radius 1 is 1.43 bits per heavy atom. The molecular formula is C7H3ClFNO3S. The first-order valence-electron chi connectivity index (χ1n) is 3.47. The fourth-order valence-electron chi connectivity index (χ4n) is 0.984. The van der Waals surface area contributed by atoms with Crippen molar-refractivity contribution >= 4 is 30.8 Å². The van der Waals surface area contributed by atoms with E-state index in [9.17, 15) is 12.8 Å². The number of nitrogens with zero attached hydrogens (tertiary/aromatic N) is 1. The second-order valence-corrected chi connectivity index (χ2v) is 4.97. The normalized spacial score (nSPS) is 12.1. The highest BCUT2D eigenvalue weighted by Gasteiger charge is 2.18. The standard InChI is InChI=1S/C7H3ClFNO3S/c8-14(11,12)7-10-5-3-4(9)1-2-6(5)13-7/h1-3H. The molecule has 0 spiro atoms. The third-order valence-corrected chi connectivity index (χ3v) is 2.53. The van der Waals surface area contributed by atoms with E-state index in [4.69, 9.17) is 15.1 Å². The minimum absolute atomic E-state index is 0.115. The molecule has 0 saturated heterocycles. The molecule has 2 rings (SSSR count). The lowest BCUT2D eigenvalue weighted by molar-refractivity contribution is 0.464. The van der Waals surface area contributed by atoms with Gasteiger partial charge in [-0.2, -0.15) is 4.98 Å². The summed E-state index contributed by atoms with van der Waals surface area (Å²) >= 11 is 0. The monoisotopic (exact) mass is 235 g/mol. The summed E-state index contributed by atoms with van der Waals surface area (Å²) in [7, 11) is 0.987. The van der Waals surface area contributed by atoms with Gasteiger partial charge in [0, 0.05) is 16.7 Å². The van der Waals surface area contributed by atoms with Crippen molar-refractivity contribution in [3.05, 3.63) is 24.0 Å². The third kappa shape index (κ3) is 1.58. The predicted octanol–water partition coefficient (Wildman–Crippen LogP) is 1.89. The average molecular weight is 236 g/mol. The van der Waals surface area contributed by atoms with E-state index in [-0.39, 0.29) is 11.1 Å². The van der Waals surface area contributed by atoms with E-state index in [0.29, 0.717) is 0 Å². The van der Waals surface area contributed by atoms with E-state index >= 15 is 0 Å². The molecule has 74 valence electrons. The Kier molecular flexibility index (Phi) is 1.97. The predicted molar refractivity (Wildman–Crippen MR) is 47.0 cm³/mol. The molecule has 2 aromatic rings. The molecule has 0 bridgehead atoms. The van der Waals surface area contributed by atoms with Crippen LogP contribution in [-0.4, -0.2) is 13.4 Å². The van der Waals surface area contributed by atoms with E-state index < -0.39 is 20.1 Å². The topological polar surface area (TPSA) is 60.2 Å². The molecule has 0 atom stereocenters. The van der Waals surface area contributed by atoms with Crippen LogP contribution in [0, 0.1) is 5.82 Å². The highest BCUT2D eigenvalue weighted by atomic mass is 35.7. The zero-order valence-corrected chi connectivity index (χ0v) is 8.14. The molecule has 0 radical (unpaired) electrons. The first kappa shape index (κ1) is 9.42. The van der Waals surface area contributed by atoms with Gasteiger partial charge in [-0.1, -0.05) is 0 Å². The van der Waals surface area contributed by atoms with Crippen LogP contribution in [0.3, 0.4) is 0 Å². The largest absolute Gasteiger partial charge is 0.427 e. The van der Waals surface area contributed by atoms with Crippen molar-refractivity contribution < 1.29 is 17.2 Å². The summed E-state index contributed by atoms with van der Waals surface area (Å²) in [6.07, 6.45) is 0. The van der Waals surface area contributed by atoms with Crippen LogP contribution in [0.15, 0.2) is 27.8 Å². The zero-order chi connectivity index (χ0) is 10.3. The maximum atomic E-state index is 12.7. The molecule has 1 aromatic heterocycles. The highest BCUT2D eigenvalue weighted by molar-refractivity contribution is 8.13. The molecule has 0 saturated carbocycles. The summed E-state index contributed by atoms with van der Waals surface area (Å²) in [4.78, 5) is 3.52. The number of aromatic nitrogens is 1. The summed E-state index contributed by atoms with van der Waals surface area (Å²) in [5.41, 5.74) is 0.287. The molecule has 0 unspecified atom stereocenters. The van der Waals surface area contributed by atoms with E-state index in [1.165, 1.54) is 6.07 Å². The van der Waals surface area contributed by atoms with Gasteiger partial charge in [-0.3, -0.25) is 0 Å². The van der Waals surface area contributed by atoms with E-state index in [0.717, 1.165) is 12.1 Å². The summed E-state index contributed by atoms with van der Waals surface area (Å²) in [6, 6.07) is 3.48. The molecule has 0 aliphatic rings. The molecule has 0 amide bonds. The Morgan fingerprint density at radius 3 is 2.79 bits per heavy atom. The fraction of sp³-hybridized carbons (Fsp3) is 0. The molecule has 0 fully saturated rings. The van der Waals surface area contributed by atoms with E-state index in [1.54, 1.807) is 0 Å². The summed E-state index contributed by atoms with van der Waals surface area (Å²) in [6.45, 7) is 0. The second-order valence-electron chi connectivity index (χ2n) is 2.53. The Balaban J connectivity index is 2.75. The Labute approximate surface area is 82.7 Å². The lowest BCUT2D eigenvalue weighted by atomic mass is 10.3. The van der Waals surface area contributed by atoms with Crippen molar-refractivity contribution in [2.45, 2.75) is 5.22 Å². The van der Waals surface area contributed by atoms with Gasteiger partial charge in [0.1, 0.15) is 11.3 Å². The first-order chi connectivity index (χ1) is 6.47. The molecule has 1 aromatic carbocycles. The lowest BCUT2D eigenvalue weighted by Gasteiger charge is -1.84. The smallest absolute Gasteiger partial charge is 0.332 e. The summed E-state index contributed by atoms with van der Waals surface area (Å²) in [5, 5.41) is -0.625. The van der Waals surface area contributed by atoms with Crippen LogP contribution in [0.5, 0.6) is 0 Å². The van der Waals surface area contributed by atoms with Crippen LogP contribution in [0.1, 0.15) is 0 Å². The Hall–Kier alpha value is -1.14. The van der Waals surface area contributed by atoms with Gasteiger partial charge in [-0.25, -0.2) is 12.8 Å². The van der Waals surface area contributed by atoms with E-state index in [2.05, 4.69) is 4.98 Å². The van der Waals surface area contributed by atoms with Crippen LogP contribution in [-0.2, 0) is 9.05 Å². The minimum atomic E-state index is -4.01. The van der Waals surface area contributed by atoms with Crippen LogP contribution < -0.4 is 0 Å². The Bertz CT molecular complexity index is 592. The van der Waals surface area contributed by atoms with Crippen LogP contribution in [0.4, 0.5) is 4.39 Å². The molecule has 14 heavy (non-hydrogen) atoms. The van der Waals surface area contributed by atoms with Gasteiger partial charge < -0.3 is 4.42 Å². The van der Waals surface area contributed by atoms with Crippen molar-refractivity contribution in [3.8, 4) is 0 Å². The minimum Gasteiger partial charge on any atom is -0.427 e. The van der Waals surface area contributed by atoms with Crippen molar-refractivity contribution in [2.24, 2.45) is 0 Å². The number of fused-ring (bicyclic) bond motifs is 1. The summed E-state index contributed by atoms with van der Waals surface area (Å²) < 4.78 is 39.1. The van der Waals surface area contributed by atoms with Crippen LogP contribution in [0.2, 0.25) is 0 Å². The molecule has 0 aliphatic carbocycles. The van der Waals surface area contributed by atoms with Gasteiger partial charge in [0.15, 0.2) is 5.58 Å². The van der Waals surface area contributed by atoms with Crippen molar-refractivity contribution in [1.29, 1.82) is 0 Å². The number of oxazole rings is 1. The molecular weight excluding hydrogens is 233 g/mol. The van der Waals surface area contributed by atoms with Crippen LogP contribution >= 0.6 is 10.7 Å². The van der Waals surface area contributed by atoms with Gasteiger partial charge in [0.2, 0.25) is 0 Å². The average Bonchev–Trinajstić information content (AvgIpc) is 2.45. The number of benzene rings is 1. The van der Waals surface area contributed by atoms with Crippen LogP contribution in [0.25, 0.3) is 11.1 Å². The maximum absolute atomic E-state index is 12.7. The number of rotatable bonds is 1. The van der Waals surface area contributed by atoms with Gasteiger partial charge in [0.25, 0.3) is 0 Å². The lowest BCUT2D eigenvalue weighted by Crippen LogP contribution is -1.88. The second kappa shape index (κ2) is 2.93. The number of hydrogen-bond acceptors (Lipinski definition) is 4. The molecule has 7 heteroatoms. The highest BCUT2D eigenvalue weighted by Crippen LogP contribution is 2.21. The van der Waals surface area contributed by atoms with Crippen molar-refractivity contribution in [2.75, 3.05) is 0 Å². The van der Waals surface area contributed by atoms with Gasteiger partial charge >= 0.3 is 14.3 Å². The fourth-order valence-corrected chi connectivity index (χ4v) is 1.58. The quantitative estimate of drug-likeness (QED) is 0.709. The molecule has 1 heterocycles. The summed E-state index contributed by atoms with van der Waals surface area (Å²) in [5.74, 6) is -0.524. The molecule has 4 nitrogen and oxygen atoms in total. The van der Waals surface area contributed by atoms with Crippen molar-refractivity contribution in [3.63, 3.8) is 0 Å².